The van der Waals surface area contributed by atoms with Crippen LogP contribution in [0.25, 0.3) is 16.7 Å². The number of nitrogens with zero attached hydrogens (tertiary/aromatic N) is 4. The summed E-state index contributed by atoms with van der Waals surface area (Å²) in [6.07, 6.45) is 0. The molecule has 0 aliphatic carbocycles. The Morgan fingerprint density at radius 3 is 2.68 bits per heavy atom. The number of benzene rings is 1. The minimum Gasteiger partial charge on any atom is -0.217 e. The monoisotopic (exact) mass is 268 g/mol. The average molecular weight is 269 g/mol. The molecule has 2 aromatic heterocycles. The molecule has 0 aliphatic heterocycles. The van der Waals surface area contributed by atoms with Crippen LogP contribution in [-0.2, 0) is 0 Å². The molecule has 3 rings (SSSR count). The molecule has 0 bridgehead atoms. The number of nitriles is 1. The standard InChI is InChI=1S/C14H9ClN4/c1-9-13-12(15)7-10(8-16)17-14(13)19(18-9)11-5-3-2-4-6-11/h2-7H,1H3. The van der Waals surface area contributed by atoms with Crippen molar-refractivity contribution in [2.75, 3.05) is 0 Å². The Labute approximate surface area is 114 Å². The molecular weight excluding hydrogens is 260 g/mol. The first-order valence-corrected chi connectivity index (χ1v) is 6.10. The summed E-state index contributed by atoms with van der Waals surface area (Å²) in [7, 11) is 0. The van der Waals surface area contributed by atoms with E-state index >= 15 is 0 Å². The number of rotatable bonds is 1. The van der Waals surface area contributed by atoms with Crippen molar-refractivity contribution < 1.29 is 0 Å². The molecule has 19 heavy (non-hydrogen) atoms. The minimum absolute atomic E-state index is 0.287. The van der Waals surface area contributed by atoms with Gasteiger partial charge in [-0.25, -0.2) is 9.67 Å². The van der Waals surface area contributed by atoms with Crippen LogP contribution < -0.4 is 0 Å². The van der Waals surface area contributed by atoms with Crippen molar-refractivity contribution >= 4 is 22.6 Å². The molecule has 1 aromatic carbocycles. The summed E-state index contributed by atoms with van der Waals surface area (Å²) in [6.45, 7) is 1.88. The van der Waals surface area contributed by atoms with Gasteiger partial charge < -0.3 is 0 Å². The average Bonchev–Trinajstić information content (AvgIpc) is 2.77. The maximum atomic E-state index is 8.99. The van der Waals surface area contributed by atoms with E-state index in [0.717, 1.165) is 16.8 Å². The van der Waals surface area contributed by atoms with Gasteiger partial charge in [0, 0.05) is 0 Å². The molecule has 5 heteroatoms. The molecule has 0 unspecified atom stereocenters. The summed E-state index contributed by atoms with van der Waals surface area (Å²) >= 11 is 6.20. The van der Waals surface area contributed by atoms with Crippen LogP contribution in [0.5, 0.6) is 0 Å². The number of aryl methyl sites for hydroxylation is 1. The van der Waals surface area contributed by atoms with Gasteiger partial charge in [-0.3, -0.25) is 0 Å². The van der Waals surface area contributed by atoms with E-state index in [2.05, 4.69) is 10.1 Å². The third-order valence-corrected chi connectivity index (χ3v) is 3.18. The summed E-state index contributed by atoms with van der Waals surface area (Å²) in [5, 5.41) is 14.7. The van der Waals surface area contributed by atoms with E-state index < -0.39 is 0 Å². The van der Waals surface area contributed by atoms with Crippen LogP contribution in [0.15, 0.2) is 36.4 Å². The zero-order valence-electron chi connectivity index (χ0n) is 10.1. The molecule has 0 N–H and O–H groups in total. The number of fused-ring (bicyclic) bond motifs is 1. The summed E-state index contributed by atoms with van der Waals surface area (Å²) in [4.78, 5) is 4.31. The molecular formula is C14H9ClN4. The first-order valence-electron chi connectivity index (χ1n) is 5.72. The van der Waals surface area contributed by atoms with Gasteiger partial charge in [-0.15, -0.1) is 0 Å². The van der Waals surface area contributed by atoms with Gasteiger partial charge in [0.2, 0.25) is 0 Å². The molecule has 92 valence electrons. The summed E-state index contributed by atoms with van der Waals surface area (Å²) in [5.41, 5.74) is 2.57. The molecule has 3 aromatic rings. The fraction of sp³-hybridized carbons (Fsp3) is 0.0714. The van der Waals surface area contributed by atoms with Crippen LogP contribution in [0.1, 0.15) is 11.4 Å². The van der Waals surface area contributed by atoms with Gasteiger partial charge in [0.05, 0.1) is 21.8 Å². The van der Waals surface area contributed by atoms with Crippen molar-refractivity contribution in [1.82, 2.24) is 14.8 Å². The number of para-hydroxylation sites is 1. The van der Waals surface area contributed by atoms with Crippen molar-refractivity contribution in [3.8, 4) is 11.8 Å². The Bertz CT molecular complexity index is 800. The predicted molar refractivity (Wildman–Crippen MR) is 73.3 cm³/mol. The van der Waals surface area contributed by atoms with E-state index in [-0.39, 0.29) is 5.69 Å². The van der Waals surface area contributed by atoms with E-state index in [9.17, 15) is 0 Å². The van der Waals surface area contributed by atoms with Crippen LogP contribution in [0.3, 0.4) is 0 Å². The van der Waals surface area contributed by atoms with Gasteiger partial charge in [0.15, 0.2) is 5.65 Å². The fourth-order valence-corrected chi connectivity index (χ4v) is 2.37. The second kappa shape index (κ2) is 4.38. The molecule has 0 fully saturated rings. The van der Waals surface area contributed by atoms with E-state index in [0.29, 0.717) is 10.7 Å². The fourth-order valence-electron chi connectivity index (χ4n) is 2.04. The Hall–Kier alpha value is -2.38. The Morgan fingerprint density at radius 1 is 1.26 bits per heavy atom. The number of hydrogen-bond acceptors (Lipinski definition) is 3. The number of pyridine rings is 1. The second-order valence-corrected chi connectivity index (χ2v) is 4.54. The van der Waals surface area contributed by atoms with Gasteiger partial charge >= 0.3 is 0 Å². The van der Waals surface area contributed by atoms with E-state index in [1.807, 2.05) is 43.3 Å². The summed E-state index contributed by atoms with van der Waals surface area (Å²) < 4.78 is 1.71. The van der Waals surface area contributed by atoms with Gasteiger partial charge in [-0.1, -0.05) is 29.8 Å². The largest absolute Gasteiger partial charge is 0.217 e. The van der Waals surface area contributed by atoms with Crippen LogP contribution >= 0.6 is 11.6 Å². The van der Waals surface area contributed by atoms with Crippen LogP contribution in [-0.4, -0.2) is 14.8 Å². The van der Waals surface area contributed by atoms with Crippen molar-refractivity contribution in [2.24, 2.45) is 0 Å². The third kappa shape index (κ3) is 1.85. The predicted octanol–water partition coefficient (Wildman–Crippen LogP) is 3.25. The number of halogens is 1. The van der Waals surface area contributed by atoms with E-state index in [1.54, 1.807) is 10.7 Å². The van der Waals surface area contributed by atoms with Crippen LogP contribution in [0.4, 0.5) is 0 Å². The molecule has 4 nitrogen and oxygen atoms in total. The molecule has 2 heterocycles. The topological polar surface area (TPSA) is 54.5 Å². The lowest BCUT2D eigenvalue weighted by atomic mass is 10.2. The van der Waals surface area contributed by atoms with E-state index in [4.69, 9.17) is 16.9 Å². The van der Waals surface area contributed by atoms with Gasteiger partial charge in [0.25, 0.3) is 0 Å². The quantitative estimate of drug-likeness (QED) is 0.681. The normalized spacial score (nSPS) is 10.6. The lowest BCUT2D eigenvalue weighted by Gasteiger charge is -2.02. The van der Waals surface area contributed by atoms with Gasteiger partial charge in [-0.05, 0) is 25.1 Å². The SMILES string of the molecule is Cc1nn(-c2ccccc2)c2nc(C#N)cc(Cl)c12. The van der Waals surface area contributed by atoms with Gasteiger partial charge in [-0.2, -0.15) is 10.4 Å². The highest BCUT2D eigenvalue weighted by molar-refractivity contribution is 6.35. The summed E-state index contributed by atoms with van der Waals surface area (Å²) in [5.74, 6) is 0. The zero-order valence-corrected chi connectivity index (χ0v) is 10.9. The Balaban J connectivity index is 2.39. The number of hydrogen-bond donors (Lipinski definition) is 0. The molecule has 0 saturated carbocycles. The lowest BCUT2D eigenvalue weighted by Crippen LogP contribution is -1.98. The molecule has 0 radical (unpaired) electrons. The highest BCUT2D eigenvalue weighted by Crippen LogP contribution is 2.27. The smallest absolute Gasteiger partial charge is 0.166 e. The van der Waals surface area contributed by atoms with Crippen molar-refractivity contribution in [3.05, 3.63) is 52.8 Å². The van der Waals surface area contributed by atoms with Gasteiger partial charge in [0.1, 0.15) is 11.8 Å². The molecule has 0 saturated heterocycles. The van der Waals surface area contributed by atoms with E-state index in [1.165, 1.54) is 0 Å². The Morgan fingerprint density at radius 2 is 2.00 bits per heavy atom. The maximum Gasteiger partial charge on any atom is 0.166 e. The van der Waals surface area contributed by atoms with Crippen molar-refractivity contribution in [2.45, 2.75) is 6.92 Å². The summed E-state index contributed by atoms with van der Waals surface area (Å²) in [6, 6.07) is 13.2. The molecule has 0 amide bonds. The van der Waals surface area contributed by atoms with Crippen molar-refractivity contribution in [3.63, 3.8) is 0 Å². The highest BCUT2D eigenvalue weighted by Gasteiger charge is 2.14. The highest BCUT2D eigenvalue weighted by atomic mass is 35.5. The van der Waals surface area contributed by atoms with Crippen LogP contribution in [0.2, 0.25) is 5.02 Å². The minimum atomic E-state index is 0.287. The maximum absolute atomic E-state index is 8.99. The Kier molecular flexibility index (Phi) is 2.69. The number of aromatic nitrogens is 3. The first-order chi connectivity index (χ1) is 9.20. The second-order valence-electron chi connectivity index (χ2n) is 4.13. The molecule has 0 aliphatic rings. The molecule has 0 atom stereocenters. The first kappa shape index (κ1) is 11.7. The molecule has 0 spiro atoms. The third-order valence-electron chi connectivity index (χ3n) is 2.88. The zero-order chi connectivity index (χ0) is 13.4. The lowest BCUT2D eigenvalue weighted by molar-refractivity contribution is 0.877. The van der Waals surface area contributed by atoms with Crippen molar-refractivity contribution in [1.29, 1.82) is 5.26 Å². The van der Waals surface area contributed by atoms with Crippen LogP contribution in [0, 0.1) is 18.3 Å².